The lowest BCUT2D eigenvalue weighted by Gasteiger charge is -2.29. The zero-order valence-corrected chi connectivity index (χ0v) is 22.7. The fourth-order valence-electron chi connectivity index (χ4n) is 3.97. The third-order valence-corrected chi connectivity index (χ3v) is 8.00. The summed E-state index contributed by atoms with van der Waals surface area (Å²) in [5.74, 6) is -2.50. The van der Waals surface area contributed by atoms with Gasteiger partial charge < -0.3 is 15.5 Å². The van der Waals surface area contributed by atoms with Crippen LogP contribution in [-0.2, 0) is 33.8 Å². The van der Waals surface area contributed by atoms with Crippen LogP contribution in [0.2, 0.25) is 0 Å². The molecule has 13 heteroatoms. The Morgan fingerprint density at radius 2 is 1.69 bits per heavy atom. The van der Waals surface area contributed by atoms with Crippen LogP contribution >= 0.6 is 0 Å². The van der Waals surface area contributed by atoms with Gasteiger partial charge in [-0.15, -0.1) is 0 Å². The molecule has 0 aliphatic carbocycles. The second-order valence-electron chi connectivity index (χ2n) is 10.0. The zero-order valence-electron chi connectivity index (χ0n) is 21.9. The van der Waals surface area contributed by atoms with Gasteiger partial charge in [0.2, 0.25) is 10.0 Å². The van der Waals surface area contributed by atoms with E-state index in [2.05, 4.69) is 5.32 Å². The normalized spacial score (nSPS) is 13.6. The van der Waals surface area contributed by atoms with Crippen LogP contribution in [0.25, 0.3) is 0 Å². The van der Waals surface area contributed by atoms with Crippen molar-refractivity contribution in [2.24, 2.45) is 0 Å². The molecule has 0 aromatic heterocycles. The van der Waals surface area contributed by atoms with Gasteiger partial charge in [0, 0.05) is 37.7 Å². The molecular weight excluding hydrogens is 547 g/mol. The highest BCUT2D eigenvalue weighted by Crippen LogP contribution is 2.32. The molecule has 1 unspecified atom stereocenters. The van der Waals surface area contributed by atoms with Gasteiger partial charge in [-0.25, -0.2) is 17.2 Å². The number of aliphatic hydroxyl groups is 1. The maximum Gasteiger partial charge on any atom is 0.416 e. The number of carbonyl (C=O) groups is 1. The number of benzene rings is 2. The van der Waals surface area contributed by atoms with Gasteiger partial charge in [0.1, 0.15) is 11.6 Å². The van der Waals surface area contributed by atoms with Crippen molar-refractivity contribution in [3.63, 3.8) is 0 Å². The number of aryl methyl sites for hydroxylation is 1. The number of halogens is 5. The van der Waals surface area contributed by atoms with Crippen molar-refractivity contribution in [3.8, 4) is 0 Å². The van der Waals surface area contributed by atoms with Crippen LogP contribution in [0.15, 0.2) is 41.3 Å². The molecule has 0 amide bonds. The Labute approximate surface area is 224 Å². The number of sulfonamides is 1. The van der Waals surface area contributed by atoms with Gasteiger partial charge in [0.05, 0.1) is 16.6 Å². The first kappa shape index (κ1) is 32.6. The Morgan fingerprint density at radius 1 is 1.08 bits per heavy atom. The number of alkyl halides is 3. The molecule has 0 radical (unpaired) electrons. The van der Waals surface area contributed by atoms with E-state index in [-0.39, 0.29) is 30.5 Å². The quantitative estimate of drug-likeness (QED) is 0.287. The van der Waals surface area contributed by atoms with Gasteiger partial charge in [-0.3, -0.25) is 4.79 Å². The summed E-state index contributed by atoms with van der Waals surface area (Å²) >= 11 is 0. The van der Waals surface area contributed by atoms with Crippen molar-refractivity contribution < 1.29 is 45.4 Å². The van der Waals surface area contributed by atoms with Crippen LogP contribution in [0, 0.1) is 11.6 Å². The van der Waals surface area contributed by atoms with E-state index in [0.29, 0.717) is 25.0 Å². The minimum absolute atomic E-state index is 0.0131. The maximum absolute atomic E-state index is 13.8. The molecule has 7 nitrogen and oxygen atoms in total. The highest BCUT2D eigenvalue weighted by molar-refractivity contribution is 7.89. The monoisotopic (exact) mass is 580 g/mol. The lowest BCUT2D eigenvalue weighted by Crippen LogP contribution is -2.46. The number of rotatable bonds is 14. The number of nitrogens with zero attached hydrogens (tertiary/aromatic N) is 1. The summed E-state index contributed by atoms with van der Waals surface area (Å²) in [7, 11) is -3.34. The number of likely N-dealkylation sites (N-methyl/N-ethyl adjacent to an activating group) is 1. The molecule has 0 heterocycles. The van der Waals surface area contributed by atoms with Crippen molar-refractivity contribution in [2.45, 2.75) is 68.7 Å². The third kappa shape index (κ3) is 9.82. The number of β-amino-alcohol motifs (C(OH)–C–C–N with tert-alkyl or cyclic N) is 1. The third-order valence-electron chi connectivity index (χ3n) is 6.20. The molecule has 0 aliphatic heterocycles. The van der Waals surface area contributed by atoms with Crippen molar-refractivity contribution in [3.05, 3.63) is 64.7 Å². The summed E-state index contributed by atoms with van der Waals surface area (Å²) in [6.45, 7) is 3.11. The fourth-order valence-corrected chi connectivity index (χ4v) is 5.27. The van der Waals surface area contributed by atoms with E-state index >= 15 is 0 Å². The zero-order chi connectivity index (χ0) is 29.6. The lowest BCUT2D eigenvalue weighted by molar-refractivity contribution is -0.138. The Kier molecular flexibility index (Phi) is 11.0. The van der Waals surface area contributed by atoms with Crippen LogP contribution in [0.4, 0.5) is 22.0 Å². The van der Waals surface area contributed by atoms with E-state index in [9.17, 15) is 40.3 Å². The SMILES string of the molecule is CN(CC(O)CNC(C)(C)CCCc1c(F)cccc1F)S(=O)(=O)c1cc(CCC(=O)O)cc(C(F)(F)F)c1. The van der Waals surface area contributed by atoms with Gasteiger partial charge in [-0.05, 0) is 75.4 Å². The Hall–Kier alpha value is -2.61. The van der Waals surface area contributed by atoms with E-state index in [1.54, 1.807) is 13.8 Å². The second kappa shape index (κ2) is 13.2. The standard InChI is InChI=1S/C26H33F5N2O5S/c1-25(2,11-5-6-21-22(27)7-4-8-23(21)28)32-15-19(34)16-33(3)39(37,38)20-13-17(9-10-24(35)36)12-18(14-20)26(29,30)31/h4,7-8,12-14,19,32,34H,5-6,9-11,15-16H2,1-3H3,(H,35,36). The Bertz CT molecular complexity index is 1230. The number of hydrogen-bond acceptors (Lipinski definition) is 5. The second-order valence-corrected chi connectivity index (χ2v) is 12.1. The van der Waals surface area contributed by atoms with Gasteiger partial charge >= 0.3 is 12.1 Å². The molecule has 3 N–H and O–H groups in total. The average molecular weight is 581 g/mol. The van der Waals surface area contributed by atoms with Crippen molar-refractivity contribution in [1.29, 1.82) is 0 Å². The van der Waals surface area contributed by atoms with E-state index in [4.69, 9.17) is 5.11 Å². The highest BCUT2D eigenvalue weighted by Gasteiger charge is 2.34. The summed E-state index contributed by atoms with van der Waals surface area (Å²) in [5.41, 5.74) is -1.92. The number of aliphatic hydroxyl groups excluding tert-OH is 1. The molecule has 0 aliphatic rings. The predicted molar refractivity (Wildman–Crippen MR) is 135 cm³/mol. The first-order valence-electron chi connectivity index (χ1n) is 12.2. The average Bonchev–Trinajstić information content (AvgIpc) is 2.82. The molecule has 2 aromatic carbocycles. The summed E-state index contributed by atoms with van der Waals surface area (Å²) < 4.78 is 94.5. The molecule has 0 fully saturated rings. The first-order chi connectivity index (χ1) is 17.9. The number of carboxylic acid groups (broad SMARTS) is 1. The smallest absolute Gasteiger partial charge is 0.416 e. The number of carboxylic acids is 1. The van der Waals surface area contributed by atoms with Crippen LogP contribution in [0.1, 0.15) is 49.8 Å². The topological polar surface area (TPSA) is 107 Å². The van der Waals surface area contributed by atoms with E-state index in [0.717, 1.165) is 17.4 Å². The van der Waals surface area contributed by atoms with Crippen LogP contribution in [-0.4, -0.2) is 60.7 Å². The van der Waals surface area contributed by atoms with Crippen LogP contribution in [0.5, 0.6) is 0 Å². The Balaban J connectivity index is 2.02. The van der Waals surface area contributed by atoms with Gasteiger partial charge in [0.15, 0.2) is 0 Å². The van der Waals surface area contributed by atoms with Crippen molar-refractivity contribution in [2.75, 3.05) is 20.1 Å². The number of aliphatic carboxylic acids is 1. The summed E-state index contributed by atoms with van der Waals surface area (Å²) in [6.07, 6.45) is -5.78. The van der Waals surface area contributed by atoms with E-state index in [1.165, 1.54) is 18.2 Å². The molecule has 218 valence electrons. The molecule has 0 saturated carbocycles. The molecule has 2 aromatic rings. The molecule has 0 spiro atoms. The van der Waals surface area contributed by atoms with Crippen molar-refractivity contribution in [1.82, 2.24) is 9.62 Å². The van der Waals surface area contributed by atoms with E-state index in [1.807, 2.05) is 0 Å². The molecular formula is C26H33F5N2O5S. The summed E-state index contributed by atoms with van der Waals surface area (Å²) in [4.78, 5) is 10.2. The van der Waals surface area contributed by atoms with Crippen molar-refractivity contribution >= 4 is 16.0 Å². The van der Waals surface area contributed by atoms with Gasteiger partial charge in [-0.2, -0.15) is 17.5 Å². The molecule has 39 heavy (non-hydrogen) atoms. The minimum Gasteiger partial charge on any atom is -0.481 e. The van der Waals surface area contributed by atoms with E-state index < -0.39 is 68.9 Å². The minimum atomic E-state index is -4.85. The molecule has 1 atom stereocenters. The summed E-state index contributed by atoms with van der Waals surface area (Å²) in [5, 5.41) is 22.4. The predicted octanol–water partition coefficient (Wildman–Crippen LogP) is 4.37. The molecule has 0 bridgehead atoms. The van der Waals surface area contributed by atoms with Crippen LogP contribution in [0.3, 0.4) is 0 Å². The first-order valence-corrected chi connectivity index (χ1v) is 13.6. The maximum atomic E-state index is 13.8. The van der Waals surface area contributed by atoms with Gasteiger partial charge in [-0.1, -0.05) is 6.07 Å². The van der Waals surface area contributed by atoms with Gasteiger partial charge in [0.25, 0.3) is 0 Å². The number of hydrogen-bond donors (Lipinski definition) is 3. The molecule has 0 saturated heterocycles. The lowest BCUT2D eigenvalue weighted by atomic mass is 9.95. The highest BCUT2D eigenvalue weighted by atomic mass is 32.2. The van der Waals surface area contributed by atoms with Crippen LogP contribution < -0.4 is 5.32 Å². The largest absolute Gasteiger partial charge is 0.481 e. The fraction of sp³-hybridized carbons (Fsp3) is 0.500. The molecule has 2 rings (SSSR count). The Morgan fingerprint density at radius 3 is 2.26 bits per heavy atom. The summed E-state index contributed by atoms with van der Waals surface area (Å²) in [6, 6.07) is 5.82. The number of nitrogens with one attached hydrogen (secondary N) is 1.